The molecule has 1 heterocycles. The van der Waals surface area contributed by atoms with Gasteiger partial charge in [0.15, 0.2) is 0 Å². The zero-order valence-corrected chi connectivity index (χ0v) is 11.5. The Hall–Kier alpha value is -2.44. The first kappa shape index (κ1) is 15.0. The molecular weight excluding hydrogens is 268 g/mol. The van der Waals surface area contributed by atoms with Crippen molar-refractivity contribution in [3.63, 3.8) is 0 Å². The SMILES string of the molecule is NNc1ccc(C(=O)Nc2cccc(CCCO)c2)nc1. The Bertz CT molecular complexity index is 599. The average Bonchev–Trinajstić information content (AvgIpc) is 2.53. The Kier molecular flexibility index (Phi) is 5.25. The molecule has 0 aliphatic heterocycles. The lowest BCUT2D eigenvalue weighted by atomic mass is 10.1. The van der Waals surface area contributed by atoms with Crippen molar-refractivity contribution in [1.29, 1.82) is 0 Å². The van der Waals surface area contributed by atoms with E-state index in [4.69, 9.17) is 10.9 Å². The number of hydrogen-bond donors (Lipinski definition) is 4. The van der Waals surface area contributed by atoms with E-state index in [0.29, 0.717) is 23.5 Å². The van der Waals surface area contributed by atoms with Crippen LogP contribution in [0.5, 0.6) is 0 Å². The molecule has 6 nitrogen and oxygen atoms in total. The molecule has 0 fully saturated rings. The van der Waals surface area contributed by atoms with E-state index in [0.717, 1.165) is 12.0 Å². The highest BCUT2D eigenvalue weighted by molar-refractivity contribution is 6.02. The van der Waals surface area contributed by atoms with Gasteiger partial charge in [0.05, 0.1) is 11.9 Å². The van der Waals surface area contributed by atoms with Gasteiger partial charge in [-0.15, -0.1) is 0 Å². The fourth-order valence-electron chi connectivity index (χ4n) is 1.90. The van der Waals surface area contributed by atoms with Gasteiger partial charge in [-0.25, -0.2) is 4.98 Å². The lowest BCUT2D eigenvalue weighted by molar-refractivity contribution is 0.102. The third kappa shape index (κ3) is 4.27. The second-order valence-electron chi connectivity index (χ2n) is 4.56. The molecule has 5 N–H and O–H groups in total. The summed E-state index contributed by atoms with van der Waals surface area (Å²) in [5.41, 5.74) is 5.18. The summed E-state index contributed by atoms with van der Waals surface area (Å²) < 4.78 is 0. The molecule has 0 atom stereocenters. The molecule has 0 bridgehead atoms. The number of anilines is 2. The van der Waals surface area contributed by atoms with Gasteiger partial charge in [0.25, 0.3) is 5.91 Å². The molecule has 21 heavy (non-hydrogen) atoms. The van der Waals surface area contributed by atoms with Crippen molar-refractivity contribution in [2.75, 3.05) is 17.3 Å². The van der Waals surface area contributed by atoms with Crippen molar-refractivity contribution in [1.82, 2.24) is 4.98 Å². The Morgan fingerprint density at radius 3 is 2.76 bits per heavy atom. The second kappa shape index (κ2) is 7.37. The van der Waals surface area contributed by atoms with Gasteiger partial charge in [-0.1, -0.05) is 12.1 Å². The number of nitrogens with zero attached hydrogens (tertiary/aromatic N) is 1. The van der Waals surface area contributed by atoms with Gasteiger partial charge in [-0.05, 0) is 42.7 Å². The lowest BCUT2D eigenvalue weighted by Crippen LogP contribution is -2.14. The second-order valence-corrected chi connectivity index (χ2v) is 4.56. The number of hydrazine groups is 1. The largest absolute Gasteiger partial charge is 0.396 e. The molecule has 0 unspecified atom stereocenters. The van der Waals surface area contributed by atoms with E-state index in [9.17, 15) is 4.79 Å². The lowest BCUT2D eigenvalue weighted by Gasteiger charge is -2.07. The Balaban J connectivity index is 2.04. The summed E-state index contributed by atoms with van der Waals surface area (Å²) in [6.07, 6.45) is 2.97. The van der Waals surface area contributed by atoms with Crippen LogP contribution in [-0.4, -0.2) is 22.6 Å². The van der Waals surface area contributed by atoms with Gasteiger partial charge in [0.1, 0.15) is 5.69 Å². The molecule has 1 aromatic heterocycles. The highest BCUT2D eigenvalue weighted by atomic mass is 16.2. The van der Waals surface area contributed by atoms with E-state index in [-0.39, 0.29) is 12.5 Å². The number of hydrogen-bond acceptors (Lipinski definition) is 5. The van der Waals surface area contributed by atoms with E-state index in [1.165, 1.54) is 6.20 Å². The average molecular weight is 286 g/mol. The van der Waals surface area contributed by atoms with E-state index in [1.807, 2.05) is 24.3 Å². The molecule has 2 aromatic rings. The van der Waals surface area contributed by atoms with Gasteiger partial charge in [0.2, 0.25) is 0 Å². The van der Waals surface area contributed by atoms with Crippen LogP contribution in [0.15, 0.2) is 42.6 Å². The zero-order valence-electron chi connectivity index (χ0n) is 11.5. The predicted molar refractivity (Wildman–Crippen MR) is 81.8 cm³/mol. The van der Waals surface area contributed by atoms with Crippen LogP contribution in [0.25, 0.3) is 0 Å². The summed E-state index contributed by atoms with van der Waals surface area (Å²) in [7, 11) is 0. The molecule has 0 saturated carbocycles. The summed E-state index contributed by atoms with van der Waals surface area (Å²) in [4.78, 5) is 16.1. The van der Waals surface area contributed by atoms with Crippen LogP contribution in [0, 0.1) is 0 Å². The first-order valence-corrected chi connectivity index (χ1v) is 6.67. The minimum absolute atomic E-state index is 0.155. The summed E-state index contributed by atoms with van der Waals surface area (Å²) in [6.45, 7) is 0.155. The molecular formula is C15H18N4O2. The molecule has 1 amide bonds. The van der Waals surface area contributed by atoms with Crippen molar-refractivity contribution in [3.05, 3.63) is 53.9 Å². The number of amides is 1. The molecule has 0 saturated heterocycles. The first-order valence-electron chi connectivity index (χ1n) is 6.67. The molecule has 110 valence electrons. The Morgan fingerprint density at radius 1 is 1.24 bits per heavy atom. The highest BCUT2D eigenvalue weighted by Gasteiger charge is 2.07. The van der Waals surface area contributed by atoms with Crippen LogP contribution in [0.4, 0.5) is 11.4 Å². The van der Waals surface area contributed by atoms with Crippen LogP contribution < -0.4 is 16.6 Å². The van der Waals surface area contributed by atoms with Gasteiger partial charge < -0.3 is 15.8 Å². The maximum Gasteiger partial charge on any atom is 0.274 e. The van der Waals surface area contributed by atoms with Crippen molar-refractivity contribution >= 4 is 17.3 Å². The van der Waals surface area contributed by atoms with Crippen molar-refractivity contribution in [3.8, 4) is 0 Å². The smallest absolute Gasteiger partial charge is 0.274 e. The summed E-state index contributed by atoms with van der Waals surface area (Å²) in [6, 6.07) is 10.8. The fourth-order valence-corrected chi connectivity index (χ4v) is 1.90. The number of aliphatic hydroxyl groups excluding tert-OH is 1. The Morgan fingerprint density at radius 2 is 2.10 bits per heavy atom. The van der Waals surface area contributed by atoms with Gasteiger partial charge >= 0.3 is 0 Å². The number of nitrogen functional groups attached to an aromatic ring is 1. The highest BCUT2D eigenvalue weighted by Crippen LogP contribution is 2.13. The normalized spacial score (nSPS) is 10.2. The quantitative estimate of drug-likeness (QED) is 0.477. The molecule has 1 aromatic carbocycles. The maximum atomic E-state index is 12.1. The van der Waals surface area contributed by atoms with Crippen LogP contribution in [0.3, 0.4) is 0 Å². The fraction of sp³-hybridized carbons (Fsp3) is 0.200. The number of aliphatic hydroxyl groups is 1. The number of carbonyl (C=O) groups is 1. The van der Waals surface area contributed by atoms with E-state index >= 15 is 0 Å². The summed E-state index contributed by atoms with van der Waals surface area (Å²) >= 11 is 0. The van der Waals surface area contributed by atoms with Gasteiger partial charge in [-0.3, -0.25) is 10.6 Å². The minimum Gasteiger partial charge on any atom is -0.396 e. The third-order valence-electron chi connectivity index (χ3n) is 2.97. The van der Waals surface area contributed by atoms with Crippen molar-refractivity contribution in [2.24, 2.45) is 5.84 Å². The van der Waals surface area contributed by atoms with Crippen molar-refractivity contribution in [2.45, 2.75) is 12.8 Å². The van der Waals surface area contributed by atoms with Crippen LogP contribution in [0.2, 0.25) is 0 Å². The van der Waals surface area contributed by atoms with E-state index in [1.54, 1.807) is 12.1 Å². The topological polar surface area (TPSA) is 100 Å². The molecule has 0 aliphatic rings. The standard InChI is InChI=1S/C15H18N4O2/c16-19-13-6-7-14(17-10-13)15(21)18-12-5-1-3-11(9-12)4-2-8-20/h1,3,5-7,9-10,19-20H,2,4,8,16H2,(H,18,21). The van der Waals surface area contributed by atoms with Gasteiger partial charge in [0, 0.05) is 12.3 Å². The van der Waals surface area contributed by atoms with Gasteiger partial charge in [-0.2, -0.15) is 0 Å². The molecule has 0 spiro atoms. The third-order valence-corrected chi connectivity index (χ3v) is 2.97. The minimum atomic E-state index is -0.280. The van der Waals surface area contributed by atoms with E-state index < -0.39 is 0 Å². The number of rotatable bonds is 6. The zero-order chi connectivity index (χ0) is 15.1. The molecule has 0 aliphatic carbocycles. The molecule has 2 rings (SSSR count). The predicted octanol–water partition coefficient (Wildman–Crippen LogP) is 1.54. The number of pyridine rings is 1. The maximum absolute atomic E-state index is 12.1. The van der Waals surface area contributed by atoms with E-state index in [2.05, 4.69) is 15.7 Å². The number of nitrogens with two attached hydrogens (primary N) is 1. The molecule has 0 radical (unpaired) electrons. The number of aromatic nitrogens is 1. The first-order chi connectivity index (χ1) is 10.2. The number of aryl methyl sites for hydroxylation is 1. The monoisotopic (exact) mass is 286 g/mol. The summed E-state index contributed by atoms with van der Waals surface area (Å²) in [5, 5.41) is 11.6. The van der Waals surface area contributed by atoms with Crippen LogP contribution in [-0.2, 0) is 6.42 Å². The molecule has 6 heteroatoms. The summed E-state index contributed by atoms with van der Waals surface area (Å²) in [5.74, 6) is 4.97. The van der Waals surface area contributed by atoms with Crippen molar-refractivity contribution < 1.29 is 9.90 Å². The number of carbonyl (C=O) groups excluding carboxylic acids is 1. The van der Waals surface area contributed by atoms with Crippen LogP contribution in [0.1, 0.15) is 22.5 Å². The number of benzene rings is 1. The number of nitrogens with one attached hydrogen (secondary N) is 2. The Labute approximate surface area is 123 Å². The van der Waals surface area contributed by atoms with Crippen LogP contribution >= 0.6 is 0 Å².